The molecule has 2 rings (SSSR count). The second kappa shape index (κ2) is 5.62. The van der Waals surface area contributed by atoms with Crippen LogP contribution >= 0.6 is 24.0 Å². The van der Waals surface area contributed by atoms with Crippen molar-refractivity contribution < 1.29 is 4.79 Å². The van der Waals surface area contributed by atoms with Gasteiger partial charge in [-0.15, -0.1) is 0 Å². The second-order valence-electron chi connectivity index (χ2n) is 2.53. The summed E-state index contributed by atoms with van der Waals surface area (Å²) in [6.45, 7) is 0. The fourth-order valence-electron chi connectivity index (χ4n) is 0.770. The van der Waals surface area contributed by atoms with Crippen LogP contribution in [0.15, 0.2) is 30.3 Å². The SMILES string of the molecule is Nc1ccccc1.O=C1CSC(=S)N1. The van der Waals surface area contributed by atoms with Crippen molar-refractivity contribution in [2.24, 2.45) is 0 Å². The summed E-state index contributed by atoms with van der Waals surface area (Å²) in [5.74, 6) is 0.522. The highest BCUT2D eigenvalue weighted by molar-refractivity contribution is 8.24. The van der Waals surface area contributed by atoms with Gasteiger partial charge in [0.05, 0.1) is 5.75 Å². The normalized spacial score (nSPS) is 14.3. The first-order chi connectivity index (χ1) is 6.68. The number of thiocarbonyl (C=S) groups is 1. The first kappa shape index (κ1) is 11.0. The van der Waals surface area contributed by atoms with E-state index < -0.39 is 0 Å². The predicted octanol–water partition coefficient (Wildman–Crippen LogP) is 1.40. The van der Waals surface area contributed by atoms with Gasteiger partial charge in [-0.25, -0.2) is 0 Å². The smallest absolute Gasteiger partial charge is 0.235 e. The van der Waals surface area contributed by atoms with E-state index in [1.807, 2.05) is 30.3 Å². The van der Waals surface area contributed by atoms with Crippen LogP contribution in [0, 0.1) is 0 Å². The number of hydrogen-bond acceptors (Lipinski definition) is 4. The fourth-order valence-corrected chi connectivity index (χ4v) is 1.58. The number of hydrogen-bond donors (Lipinski definition) is 2. The zero-order valence-corrected chi connectivity index (χ0v) is 9.03. The number of rotatable bonds is 0. The number of amides is 1. The third-order valence-corrected chi connectivity index (χ3v) is 2.60. The van der Waals surface area contributed by atoms with E-state index in [9.17, 15) is 4.79 Å². The first-order valence-corrected chi connectivity index (χ1v) is 5.35. The molecule has 0 aromatic heterocycles. The Kier molecular flexibility index (Phi) is 4.42. The molecule has 1 aromatic carbocycles. The minimum Gasteiger partial charge on any atom is -0.399 e. The van der Waals surface area contributed by atoms with Crippen LogP contribution in [-0.4, -0.2) is 16.0 Å². The summed E-state index contributed by atoms with van der Waals surface area (Å²) in [4.78, 5) is 10.2. The molecule has 1 fully saturated rings. The molecule has 0 radical (unpaired) electrons. The maximum atomic E-state index is 10.2. The number of benzene rings is 1. The minimum atomic E-state index is 0.0231. The van der Waals surface area contributed by atoms with Gasteiger partial charge in [-0.3, -0.25) is 4.79 Å². The van der Waals surface area contributed by atoms with Gasteiger partial charge in [0, 0.05) is 5.69 Å². The van der Waals surface area contributed by atoms with Gasteiger partial charge in [0.25, 0.3) is 0 Å². The number of nitrogen functional groups attached to an aromatic ring is 1. The van der Waals surface area contributed by atoms with E-state index in [1.54, 1.807) is 0 Å². The lowest BCUT2D eigenvalue weighted by Crippen LogP contribution is -2.18. The van der Waals surface area contributed by atoms with Crippen molar-refractivity contribution in [3.8, 4) is 0 Å². The van der Waals surface area contributed by atoms with Gasteiger partial charge in [-0.2, -0.15) is 0 Å². The summed E-state index contributed by atoms with van der Waals surface area (Å²) < 4.78 is 0.602. The molecule has 0 saturated carbocycles. The van der Waals surface area contributed by atoms with E-state index in [-0.39, 0.29) is 5.91 Å². The molecular weight excluding hydrogens is 216 g/mol. The van der Waals surface area contributed by atoms with Gasteiger partial charge in [-0.1, -0.05) is 42.2 Å². The van der Waals surface area contributed by atoms with E-state index in [1.165, 1.54) is 11.8 Å². The van der Waals surface area contributed by atoms with Crippen molar-refractivity contribution in [2.45, 2.75) is 0 Å². The molecule has 1 saturated heterocycles. The van der Waals surface area contributed by atoms with Crippen molar-refractivity contribution in [3.63, 3.8) is 0 Å². The number of nitrogens with two attached hydrogens (primary N) is 1. The summed E-state index contributed by atoms with van der Waals surface area (Å²) in [5, 5.41) is 2.47. The molecule has 1 aliphatic heterocycles. The van der Waals surface area contributed by atoms with Gasteiger partial charge in [-0.05, 0) is 12.1 Å². The Labute approximate surface area is 92.1 Å². The second-order valence-corrected chi connectivity index (χ2v) is 4.19. The summed E-state index contributed by atoms with van der Waals surface area (Å²) in [5.41, 5.74) is 6.18. The predicted molar refractivity (Wildman–Crippen MR) is 64.1 cm³/mol. The maximum Gasteiger partial charge on any atom is 0.235 e. The summed E-state index contributed by atoms with van der Waals surface area (Å²) in [6.07, 6.45) is 0. The molecule has 0 bridgehead atoms. The van der Waals surface area contributed by atoms with Gasteiger partial charge in [0.1, 0.15) is 4.32 Å². The molecule has 74 valence electrons. The molecule has 0 unspecified atom stereocenters. The zero-order valence-electron chi connectivity index (χ0n) is 7.40. The molecule has 0 atom stereocenters. The van der Waals surface area contributed by atoms with Crippen molar-refractivity contribution in [3.05, 3.63) is 30.3 Å². The zero-order chi connectivity index (χ0) is 10.4. The minimum absolute atomic E-state index is 0.0231. The molecular formula is C9H10N2OS2. The fraction of sp³-hybridized carbons (Fsp3) is 0.111. The van der Waals surface area contributed by atoms with Crippen LogP contribution in [0.4, 0.5) is 5.69 Å². The average Bonchev–Trinajstić information content (AvgIpc) is 2.52. The van der Waals surface area contributed by atoms with Gasteiger partial charge in [0.2, 0.25) is 5.91 Å². The molecule has 0 aliphatic carbocycles. The van der Waals surface area contributed by atoms with Gasteiger partial charge >= 0.3 is 0 Å². The van der Waals surface area contributed by atoms with Crippen LogP contribution in [0.2, 0.25) is 0 Å². The van der Waals surface area contributed by atoms with Crippen molar-refractivity contribution in [1.29, 1.82) is 0 Å². The van der Waals surface area contributed by atoms with Crippen molar-refractivity contribution in [1.82, 2.24) is 5.32 Å². The lowest BCUT2D eigenvalue weighted by molar-refractivity contribution is -0.116. The third kappa shape index (κ3) is 4.25. The van der Waals surface area contributed by atoms with Crippen molar-refractivity contribution in [2.75, 3.05) is 11.5 Å². The molecule has 14 heavy (non-hydrogen) atoms. The molecule has 1 aromatic rings. The van der Waals surface area contributed by atoms with E-state index in [4.69, 9.17) is 5.73 Å². The number of thioether (sulfide) groups is 1. The molecule has 0 spiro atoms. The summed E-state index contributed by atoms with van der Waals surface area (Å²) in [6, 6.07) is 9.49. The summed E-state index contributed by atoms with van der Waals surface area (Å²) in [7, 11) is 0. The standard InChI is InChI=1S/C6H7N.C3H3NOS2/c7-6-4-2-1-3-5-6;5-2-1-7-3(6)4-2/h1-5H,7H2;1H2,(H,4,5,6). The van der Waals surface area contributed by atoms with Crippen LogP contribution in [0.25, 0.3) is 0 Å². The Morgan fingerprint density at radius 1 is 1.36 bits per heavy atom. The van der Waals surface area contributed by atoms with E-state index in [2.05, 4.69) is 17.5 Å². The largest absolute Gasteiger partial charge is 0.399 e. The molecule has 5 heteroatoms. The number of anilines is 1. The van der Waals surface area contributed by atoms with Crippen LogP contribution in [0.3, 0.4) is 0 Å². The van der Waals surface area contributed by atoms with E-state index in [0.717, 1.165) is 5.69 Å². The number of carbonyl (C=O) groups excluding carboxylic acids is 1. The van der Waals surface area contributed by atoms with Crippen molar-refractivity contribution >= 4 is 39.9 Å². The molecule has 1 amide bonds. The summed E-state index contributed by atoms with van der Waals surface area (Å²) >= 11 is 6.00. The Balaban J connectivity index is 0.000000140. The molecule has 1 aliphatic rings. The Bertz CT molecular complexity index is 313. The molecule has 3 N–H and O–H groups in total. The van der Waals surface area contributed by atoms with Crippen LogP contribution in [0.5, 0.6) is 0 Å². The topological polar surface area (TPSA) is 55.1 Å². The first-order valence-electron chi connectivity index (χ1n) is 3.95. The molecule has 1 heterocycles. The van der Waals surface area contributed by atoms with Crippen LogP contribution in [-0.2, 0) is 4.79 Å². The highest BCUT2D eigenvalue weighted by Crippen LogP contribution is 2.07. The lowest BCUT2D eigenvalue weighted by Gasteiger charge is -1.83. The Morgan fingerprint density at radius 2 is 2.00 bits per heavy atom. The number of para-hydroxylation sites is 1. The average molecular weight is 226 g/mol. The number of carbonyl (C=O) groups is 1. The van der Waals surface area contributed by atoms with Crippen LogP contribution < -0.4 is 11.1 Å². The lowest BCUT2D eigenvalue weighted by atomic mass is 10.3. The highest BCUT2D eigenvalue weighted by atomic mass is 32.2. The van der Waals surface area contributed by atoms with Crippen LogP contribution in [0.1, 0.15) is 0 Å². The quantitative estimate of drug-likeness (QED) is 0.518. The highest BCUT2D eigenvalue weighted by Gasteiger charge is 2.13. The third-order valence-electron chi connectivity index (χ3n) is 1.38. The van der Waals surface area contributed by atoms with Gasteiger partial charge < -0.3 is 11.1 Å². The maximum absolute atomic E-state index is 10.2. The van der Waals surface area contributed by atoms with Gasteiger partial charge in [0.15, 0.2) is 0 Å². The van der Waals surface area contributed by atoms with E-state index >= 15 is 0 Å². The van der Waals surface area contributed by atoms with E-state index in [0.29, 0.717) is 10.1 Å². The monoisotopic (exact) mass is 226 g/mol. The number of nitrogens with one attached hydrogen (secondary N) is 1. The Hall–Kier alpha value is -1.07. The Morgan fingerprint density at radius 3 is 2.21 bits per heavy atom. The molecule has 3 nitrogen and oxygen atoms in total.